The van der Waals surface area contributed by atoms with Crippen LogP contribution in [-0.2, 0) is 45.7 Å². The zero-order valence-electron chi connectivity index (χ0n) is 15.9. The lowest BCUT2D eigenvalue weighted by atomic mass is 9.81. The lowest BCUT2D eigenvalue weighted by Crippen LogP contribution is -2.32. The van der Waals surface area contributed by atoms with E-state index >= 15 is 0 Å². The van der Waals surface area contributed by atoms with Crippen LogP contribution in [0.25, 0.3) is 11.1 Å². The molecule has 0 amide bonds. The maximum absolute atomic E-state index is 13.3. The van der Waals surface area contributed by atoms with E-state index in [9.17, 15) is 16.8 Å². The van der Waals surface area contributed by atoms with Crippen LogP contribution >= 0.6 is 0 Å². The number of hydrogen-bond acceptors (Lipinski definition) is 4. The van der Waals surface area contributed by atoms with Gasteiger partial charge in [0.2, 0.25) is 0 Å². The van der Waals surface area contributed by atoms with Crippen LogP contribution in [0, 0.1) is 0 Å². The predicted molar refractivity (Wildman–Crippen MR) is 107 cm³/mol. The number of benzene rings is 2. The number of rotatable bonds is 0. The molecule has 148 valence electrons. The summed E-state index contributed by atoms with van der Waals surface area (Å²) >= 11 is 0. The number of hydrogen-bond donors (Lipinski definition) is 0. The first kappa shape index (κ1) is 18.3. The Hall–Kier alpha value is -1.70. The standard InChI is InChI=1S/C21H23NO4S2/c1-22-27(23,24)18-12-10-14-6-2-4-8-16(14)20(18)21-17-9-5-3-7-15(17)11-13-19(21)28(22,25)26/h10-13H,2-9H2,1H3. The molecule has 0 spiro atoms. The van der Waals surface area contributed by atoms with Crippen molar-refractivity contribution in [1.82, 2.24) is 3.71 Å². The SMILES string of the molecule is CN1S(=O)(=O)c2ccc3c(c2-c2c(ccc4c2CCCC4)S1(=O)=O)CCCC3. The minimum atomic E-state index is -4.15. The fourth-order valence-corrected chi connectivity index (χ4v) is 8.51. The molecule has 0 fully saturated rings. The average molecular weight is 418 g/mol. The molecule has 0 saturated carbocycles. The highest BCUT2D eigenvalue weighted by Crippen LogP contribution is 2.47. The Morgan fingerprint density at radius 3 is 1.46 bits per heavy atom. The third-order valence-electron chi connectivity index (χ3n) is 6.47. The van der Waals surface area contributed by atoms with E-state index in [1.54, 1.807) is 12.1 Å². The minimum Gasteiger partial charge on any atom is -0.206 e. The van der Waals surface area contributed by atoms with Gasteiger partial charge < -0.3 is 0 Å². The summed E-state index contributed by atoms with van der Waals surface area (Å²) in [5.41, 5.74) is 5.66. The van der Waals surface area contributed by atoms with Crippen molar-refractivity contribution < 1.29 is 16.8 Å². The topological polar surface area (TPSA) is 71.5 Å². The summed E-state index contributed by atoms with van der Waals surface area (Å²) in [5.74, 6) is 0. The van der Waals surface area contributed by atoms with Crippen molar-refractivity contribution >= 4 is 20.0 Å². The van der Waals surface area contributed by atoms with E-state index in [1.165, 1.54) is 0 Å². The maximum atomic E-state index is 13.3. The van der Waals surface area contributed by atoms with Crippen molar-refractivity contribution in [3.8, 4) is 11.1 Å². The van der Waals surface area contributed by atoms with E-state index in [1.807, 2.05) is 12.1 Å². The molecule has 0 radical (unpaired) electrons. The van der Waals surface area contributed by atoms with Crippen molar-refractivity contribution in [3.63, 3.8) is 0 Å². The van der Waals surface area contributed by atoms with Crippen LogP contribution in [0.2, 0.25) is 0 Å². The summed E-state index contributed by atoms with van der Waals surface area (Å²) in [6.07, 6.45) is 7.56. The molecule has 1 heterocycles. The summed E-state index contributed by atoms with van der Waals surface area (Å²) in [6, 6.07) is 7.01. The fraction of sp³-hybridized carbons (Fsp3) is 0.429. The van der Waals surface area contributed by atoms with Gasteiger partial charge in [0.25, 0.3) is 20.0 Å². The smallest absolute Gasteiger partial charge is 0.206 e. The normalized spacial score (nSPS) is 22.3. The van der Waals surface area contributed by atoms with Gasteiger partial charge in [-0.15, -0.1) is 0 Å². The highest BCUT2D eigenvalue weighted by Gasteiger charge is 2.42. The van der Waals surface area contributed by atoms with Crippen LogP contribution < -0.4 is 0 Å². The zero-order valence-corrected chi connectivity index (χ0v) is 17.5. The predicted octanol–water partition coefficient (Wildman–Crippen LogP) is 3.43. The minimum absolute atomic E-state index is 0.136. The molecule has 0 atom stereocenters. The zero-order chi connectivity index (χ0) is 19.7. The first-order chi connectivity index (χ1) is 13.3. The molecule has 5 rings (SSSR count). The van der Waals surface area contributed by atoms with Crippen molar-refractivity contribution in [2.24, 2.45) is 0 Å². The second-order valence-corrected chi connectivity index (χ2v) is 12.1. The lowest BCUT2D eigenvalue weighted by molar-refractivity contribution is 0.527. The molecule has 0 saturated heterocycles. The second kappa shape index (κ2) is 6.15. The Labute approximate surface area is 166 Å². The van der Waals surface area contributed by atoms with Gasteiger partial charge in [-0.3, -0.25) is 0 Å². The van der Waals surface area contributed by atoms with Crippen LogP contribution in [-0.4, -0.2) is 27.6 Å². The van der Waals surface area contributed by atoms with Crippen LogP contribution in [0.1, 0.15) is 47.9 Å². The molecule has 5 nitrogen and oxygen atoms in total. The van der Waals surface area contributed by atoms with Gasteiger partial charge >= 0.3 is 0 Å². The van der Waals surface area contributed by atoms with Crippen LogP contribution in [0.3, 0.4) is 0 Å². The third-order valence-corrected chi connectivity index (χ3v) is 10.8. The lowest BCUT2D eigenvalue weighted by Gasteiger charge is -2.25. The highest BCUT2D eigenvalue weighted by atomic mass is 32.3. The first-order valence-electron chi connectivity index (χ1n) is 9.87. The molecule has 0 unspecified atom stereocenters. The molecular formula is C21H23NO4S2. The number of nitrogens with zero attached hydrogens (tertiary/aromatic N) is 1. The third kappa shape index (κ3) is 2.39. The summed E-state index contributed by atoms with van der Waals surface area (Å²) in [6.45, 7) is 0. The van der Waals surface area contributed by atoms with Gasteiger partial charge in [0.1, 0.15) is 0 Å². The summed E-state index contributed by atoms with van der Waals surface area (Å²) in [5, 5.41) is 0. The van der Waals surface area contributed by atoms with Gasteiger partial charge in [-0.05, 0) is 85.8 Å². The number of aryl methyl sites for hydroxylation is 2. The molecule has 2 aliphatic carbocycles. The van der Waals surface area contributed by atoms with Crippen LogP contribution in [0.5, 0.6) is 0 Å². The van der Waals surface area contributed by atoms with Crippen molar-refractivity contribution in [2.75, 3.05) is 7.05 Å². The molecule has 0 bridgehead atoms. The van der Waals surface area contributed by atoms with Crippen molar-refractivity contribution in [3.05, 3.63) is 46.5 Å². The molecule has 0 N–H and O–H groups in total. The van der Waals surface area contributed by atoms with Gasteiger partial charge in [0.05, 0.1) is 9.79 Å². The monoisotopic (exact) mass is 417 g/mol. The summed E-state index contributed by atoms with van der Waals surface area (Å²) in [7, 11) is -7.14. The van der Waals surface area contributed by atoms with Gasteiger partial charge in [-0.1, -0.05) is 15.8 Å². The summed E-state index contributed by atoms with van der Waals surface area (Å²) < 4.78 is 53.8. The molecule has 2 aromatic rings. The van der Waals surface area contributed by atoms with E-state index in [0.29, 0.717) is 14.8 Å². The average Bonchev–Trinajstić information content (AvgIpc) is 2.75. The molecular weight excluding hydrogens is 394 g/mol. The van der Waals surface area contributed by atoms with Gasteiger partial charge in [0, 0.05) is 18.2 Å². The molecule has 0 aromatic heterocycles. The van der Waals surface area contributed by atoms with E-state index < -0.39 is 20.0 Å². The summed E-state index contributed by atoms with van der Waals surface area (Å²) in [4.78, 5) is 0.272. The van der Waals surface area contributed by atoms with Crippen LogP contribution in [0.4, 0.5) is 0 Å². The Morgan fingerprint density at radius 2 is 1.04 bits per heavy atom. The second-order valence-electron chi connectivity index (χ2n) is 7.96. The molecule has 3 aliphatic rings. The first-order valence-corrected chi connectivity index (χ1v) is 12.8. The van der Waals surface area contributed by atoms with E-state index in [2.05, 4.69) is 0 Å². The molecule has 1 aliphatic heterocycles. The highest BCUT2D eigenvalue weighted by molar-refractivity contribution is 8.04. The van der Waals surface area contributed by atoms with Gasteiger partial charge in [-0.25, -0.2) is 16.8 Å². The Morgan fingerprint density at radius 1 is 0.643 bits per heavy atom. The van der Waals surface area contributed by atoms with Gasteiger partial charge in [0.15, 0.2) is 0 Å². The largest absolute Gasteiger partial charge is 0.256 e. The number of fused-ring (bicyclic) bond motifs is 7. The number of sulfonamides is 2. The van der Waals surface area contributed by atoms with E-state index in [4.69, 9.17) is 0 Å². The molecule has 28 heavy (non-hydrogen) atoms. The Balaban J connectivity index is 2.01. The van der Waals surface area contributed by atoms with E-state index in [-0.39, 0.29) is 9.79 Å². The van der Waals surface area contributed by atoms with Crippen LogP contribution in [0.15, 0.2) is 34.1 Å². The van der Waals surface area contributed by atoms with Gasteiger partial charge in [-0.2, -0.15) is 0 Å². The maximum Gasteiger partial charge on any atom is 0.256 e. The van der Waals surface area contributed by atoms with E-state index in [0.717, 1.165) is 80.7 Å². The van der Waals surface area contributed by atoms with Crippen molar-refractivity contribution in [2.45, 2.75) is 61.2 Å². The van der Waals surface area contributed by atoms with Crippen molar-refractivity contribution in [1.29, 1.82) is 0 Å². The molecule has 2 aromatic carbocycles. The Bertz CT molecular complexity index is 1120. The quantitative estimate of drug-likeness (QED) is 0.658. The fourth-order valence-electron chi connectivity index (χ4n) is 5.00. The Kier molecular flexibility index (Phi) is 4.03. The molecule has 7 heteroatoms.